The highest BCUT2D eigenvalue weighted by Crippen LogP contribution is 1.95. The zero-order chi connectivity index (χ0) is 14.1. The average Bonchev–Trinajstić information content (AvgIpc) is 2.25. The van der Waals surface area contributed by atoms with E-state index < -0.39 is 12.6 Å². The van der Waals surface area contributed by atoms with Crippen LogP contribution in [0.3, 0.4) is 0 Å². The predicted octanol–water partition coefficient (Wildman–Crippen LogP) is 1.18. The summed E-state index contributed by atoms with van der Waals surface area (Å²) in [5.74, 6) is 0. The molecule has 0 saturated carbocycles. The molecule has 0 aliphatic heterocycles. The van der Waals surface area contributed by atoms with Crippen LogP contribution in [0.25, 0.3) is 0 Å². The predicted molar refractivity (Wildman–Crippen MR) is 67.2 cm³/mol. The Bertz CT molecular complexity index is 114. The van der Waals surface area contributed by atoms with Crippen molar-refractivity contribution in [3.8, 4) is 0 Å². The number of aliphatic hydroxyl groups excluding tert-OH is 2. The van der Waals surface area contributed by atoms with E-state index in [-0.39, 0.29) is 0 Å². The first kappa shape index (κ1) is 21.8. The Morgan fingerprint density at radius 3 is 1.18 bits per heavy atom. The molecule has 0 rings (SSSR count). The maximum absolute atomic E-state index is 8.81. The molecule has 0 spiro atoms. The molecular weight excluding hydrogens is 224 g/mol. The van der Waals surface area contributed by atoms with Crippen molar-refractivity contribution in [2.45, 2.75) is 71.9 Å². The van der Waals surface area contributed by atoms with Crippen molar-refractivity contribution >= 4 is 6.29 Å². The van der Waals surface area contributed by atoms with Gasteiger partial charge >= 0.3 is 0 Å². The summed E-state index contributed by atoms with van der Waals surface area (Å²) < 4.78 is 0. The summed E-state index contributed by atoms with van der Waals surface area (Å²) >= 11 is 0. The lowest BCUT2D eigenvalue weighted by Gasteiger charge is -1.97. The number of rotatable bonds is 6. The van der Waals surface area contributed by atoms with Crippen molar-refractivity contribution in [1.29, 1.82) is 0 Å². The number of aldehydes is 1. The second-order valence-corrected chi connectivity index (χ2v) is 3.48. The molecule has 106 valence electrons. The fraction of sp³-hybridized carbons (Fsp3) is 0.917. The van der Waals surface area contributed by atoms with E-state index in [1.54, 1.807) is 0 Å². The van der Waals surface area contributed by atoms with Crippen LogP contribution in [-0.2, 0) is 4.79 Å². The molecule has 0 heterocycles. The van der Waals surface area contributed by atoms with Crippen LogP contribution in [0.15, 0.2) is 0 Å². The smallest absolute Gasteiger partial charge is 0.151 e. The molecule has 0 fully saturated rings. The van der Waals surface area contributed by atoms with Gasteiger partial charge in [-0.25, -0.2) is 0 Å². The summed E-state index contributed by atoms with van der Waals surface area (Å²) in [4.78, 5) is 8.81. The highest BCUT2D eigenvalue weighted by molar-refractivity contribution is 5.44. The van der Waals surface area contributed by atoms with Gasteiger partial charge in [0.2, 0.25) is 0 Å². The lowest BCUT2D eigenvalue weighted by Crippen LogP contribution is -2.02. The Kier molecular flexibility index (Phi) is 26.7. The fourth-order valence-corrected chi connectivity index (χ4v) is 0.773. The molecule has 0 saturated heterocycles. The van der Waals surface area contributed by atoms with E-state index in [0.717, 1.165) is 32.0 Å². The number of aliphatic hydroxyl groups is 4. The molecule has 5 heteroatoms. The summed E-state index contributed by atoms with van der Waals surface area (Å²) in [6, 6.07) is 0. The van der Waals surface area contributed by atoms with Gasteiger partial charge in [-0.05, 0) is 32.6 Å². The third kappa shape index (κ3) is 50.2. The first-order valence-corrected chi connectivity index (χ1v) is 6.08. The van der Waals surface area contributed by atoms with Gasteiger partial charge in [-0.3, -0.25) is 0 Å². The van der Waals surface area contributed by atoms with Gasteiger partial charge in [0, 0.05) is 0 Å². The summed E-state index contributed by atoms with van der Waals surface area (Å²) in [5, 5.41) is 33.0. The molecule has 0 atom stereocenters. The molecule has 0 aromatic rings. The highest BCUT2D eigenvalue weighted by atomic mass is 16.5. The van der Waals surface area contributed by atoms with Crippen LogP contribution >= 0.6 is 0 Å². The minimum absolute atomic E-state index is 0.510. The van der Waals surface area contributed by atoms with Crippen LogP contribution < -0.4 is 0 Å². The molecule has 0 amide bonds. The molecule has 4 N–H and O–H groups in total. The molecule has 0 aliphatic carbocycles. The first-order valence-electron chi connectivity index (χ1n) is 6.08. The standard InChI is InChI=1S/2C5H12O2.C2H4O/c2*1-2-3-4-5(6)7;1-2-3/h2*5-7H,2-4H2,1H3;2H,1H3. The normalized spacial score (nSPS) is 9.24. The van der Waals surface area contributed by atoms with E-state index in [2.05, 4.69) is 0 Å². The third-order valence-electron chi connectivity index (χ3n) is 1.63. The second-order valence-electron chi connectivity index (χ2n) is 3.48. The summed E-state index contributed by atoms with van der Waals surface area (Å²) in [6.07, 6.45) is 3.43. The van der Waals surface area contributed by atoms with Gasteiger partial charge in [-0.1, -0.05) is 26.7 Å². The van der Waals surface area contributed by atoms with Crippen molar-refractivity contribution in [1.82, 2.24) is 0 Å². The summed E-state index contributed by atoms with van der Waals surface area (Å²) in [6.45, 7) is 5.48. The molecule has 0 aromatic carbocycles. The third-order valence-corrected chi connectivity index (χ3v) is 1.63. The van der Waals surface area contributed by atoms with Gasteiger partial charge in [-0.15, -0.1) is 0 Å². The van der Waals surface area contributed by atoms with Crippen LogP contribution in [0.2, 0.25) is 0 Å². The molecule has 0 radical (unpaired) electrons. The quantitative estimate of drug-likeness (QED) is 0.420. The Balaban J connectivity index is -0.000000188. The van der Waals surface area contributed by atoms with Crippen molar-refractivity contribution in [3.63, 3.8) is 0 Å². The maximum atomic E-state index is 8.81. The number of carbonyl (C=O) groups is 1. The fourth-order valence-electron chi connectivity index (χ4n) is 0.773. The Morgan fingerprint density at radius 2 is 1.12 bits per heavy atom. The van der Waals surface area contributed by atoms with Crippen molar-refractivity contribution in [3.05, 3.63) is 0 Å². The van der Waals surface area contributed by atoms with Crippen LogP contribution in [0.5, 0.6) is 0 Å². The summed E-state index contributed by atoms with van der Waals surface area (Å²) in [5.41, 5.74) is 0. The van der Waals surface area contributed by atoms with Crippen LogP contribution in [0.4, 0.5) is 0 Å². The number of carbonyl (C=O) groups excluding carboxylic acids is 1. The lowest BCUT2D eigenvalue weighted by atomic mass is 10.2. The Hall–Kier alpha value is -0.490. The second kappa shape index (κ2) is 20.9. The molecule has 5 nitrogen and oxygen atoms in total. The minimum Gasteiger partial charge on any atom is -0.368 e. The molecule has 0 unspecified atom stereocenters. The van der Waals surface area contributed by atoms with E-state index >= 15 is 0 Å². The minimum atomic E-state index is -1.10. The van der Waals surface area contributed by atoms with Gasteiger partial charge in [0.25, 0.3) is 0 Å². The van der Waals surface area contributed by atoms with Gasteiger partial charge < -0.3 is 25.2 Å². The Labute approximate surface area is 104 Å². The zero-order valence-electron chi connectivity index (χ0n) is 11.2. The zero-order valence-corrected chi connectivity index (χ0v) is 11.2. The molecule has 0 bridgehead atoms. The monoisotopic (exact) mass is 252 g/mol. The molecule has 17 heavy (non-hydrogen) atoms. The van der Waals surface area contributed by atoms with Gasteiger partial charge in [0.15, 0.2) is 12.6 Å². The van der Waals surface area contributed by atoms with E-state index in [0.29, 0.717) is 12.8 Å². The van der Waals surface area contributed by atoms with Crippen LogP contribution in [-0.4, -0.2) is 39.3 Å². The number of hydrogen-bond donors (Lipinski definition) is 4. The first-order chi connectivity index (χ1) is 7.95. The van der Waals surface area contributed by atoms with Gasteiger partial charge in [-0.2, -0.15) is 0 Å². The van der Waals surface area contributed by atoms with Crippen molar-refractivity contribution in [2.24, 2.45) is 0 Å². The van der Waals surface area contributed by atoms with Crippen molar-refractivity contribution < 1.29 is 25.2 Å². The molecule has 0 aromatic heterocycles. The lowest BCUT2D eigenvalue weighted by molar-refractivity contribution is -0.106. The summed E-state index contributed by atoms with van der Waals surface area (Å²) in [7, 11) is 0. The molecular formula is C12H28O5. The van der Waals surface area contributed by atoms with Gasteiger partial charge in [0.1, 0.15) is 6.29 Å². The number of hydrogen-bond acceptors (Lipinski definition) is 5. The maximum Gasteiger partial charge on any atom is 0.151 e. The number of unbranched alkanes of at least 4 members (excludes halogenated alkanes) is 2. The molecule has 0 aliphatic rings. The van der Waals surface area contributed by atoms with E-state index in [4.69, 9.17) is 25.2 Å². The van der Waals surface area contributed by atoms with Crippen LogP contribution in [0.1, 0.15) is 59.3 Å². The van der Waals surface area contributed by atoms with E-state index in [1.165, 1.54) is 6.92 Å². The topological polar surface area (TPSA) is 98.0 Å². The van der Waals surface area contributed by atoms with E-state index in [1.807, 2.05) is 13.8 Å². The SMILES string of the molecule is CC=O.CCCCC(O)O.CCCCC(O)O. The van der Waals surface area contributed by atoms with Crippen LogP contribution in [0, 0.1) is 0 Å². The highest BCUT2D eigenvalue weighted by Gasteiger charge is 1.92. The van der Waals surface area contributed by atoms with E-state index in [9.17, 15) is 0 Å². The largest absolute Gasteiger partial charge is 0.368 e. The van der Waals surface area contributed by atoms with Gasteiger partial charge in [0.05, 0.1) is 0 Å². The Morgan fingerprint density at radius 1 is 0.882 bits per heavy atom. The average molecular weight is 252 g/mol. The van der Waals surface area contributed by atoms with Crippen molar-refractivity contribution in [2.75, 3.05) is 0 Å².